The normalized spacial score (nSPS) is 12.0. The van der Waals surface area contributed by atoms with Gasteiger partial charge in [-0.15, -0.1) is 0 Å². The molecule has 130 valence electrons. The number of esters is 1. The van der Waals surface area contributed by atoms with E-state index in [9.17, 15) is 9.59 Å². The maximum absolute atomic E-state index is 12.3. The molecule has 0 aliphatic rings. The number of ether oxygens (including phenoxy) is 1. The molecule has 0 saturated heterocycles. The van der Waals surface area contributed by atoms with Crippen molar-refractivity contribution in [2.45, 2.75) is 33.8 Å². The van der Waals surface area contributed by atoms with Crippen LogP contribution in [0.4, 0.5) is 5.69 Å². The molecule has 1 N–H and O–H groups in total. The van der Waals surface area contributed by atoms with E-state index in [2.05, 4.69) is 5.32 Å². The summed E-state index contributed by atoms with van der Waals surface area (Å²) in [6, 6.07) is 13.5. The van der Waals surface area contributed by atoms with Gasteiger partial charge in [0.25, 0.3) is 5.91 Å². The SMILES string of the molecule is Cc1ccccc1/C=C/C(=O)O[C@@H](C)C(=O)Nc1c(C)cccc1C. The molecule has 0 fully saturated rings. The molecule has 0 aliphatic heterocycles. The van der Waals surface area contributed by atoms with E-state index in [1.807, 2.05) is 63.2 Å². The lowest BCUT2D eigenvalue weighted by molar-refractivity contribution is -0.148. The highest BCUT2D eigenvalue weighted by Gasteiger charge is 2.18. The predicted molar refractivity (Wildman–Crippen MR) is 100 cm³/mol. The zero-order valence-corrected chi connectivity index (χ0v) is 15.0. The van der Waals surface area contributed by atoms with E-state index in [4.69, 9.17) is 4.74 Å². The molecule has 1 amide bonds. The van der Waals surface area contributed by atoms with E-state index >= 15 is 0 Å². The van der Waals surface area contributed by atoms with Crippen molar-refractivity contribution in [3.8, 4) is 0 Å². The van der Waals surface area contributed by atoms with Gasteiger partial charge in [-0.1, -0.05) is 42.5 Å². The molecule has 2 rings (SSSR count). The fraction of sp³-hybridized carbons (Fsp3) is 0.238. The third-order valence-electron chi connectivity index (χ3n) is 3.98. The summed E-state index contributed by atoms with van der Waals surface area (Å²) in [5.74, 6) is -0.901. The zero-order chi connectivity index (χ0) is 18.4. The van der Waals surface area contributed by atoms with Gasteiger partial charge in [-0.25, -0.2) is 4.79 Å². The molecule has 2 aromatic carbocycles. The molecule has 4 nitrogen and oxygen atoms in total. The van der Waals surface area contributed by atoms with Crippen molar-refractivity contribution in [3.05, 3.63) is 70.8 Å². The summed E-state index contributed by atoms with van der Waals surface area (Å²) < 4.78 is 5.19. The van der Waals surface area contributed by atoms with Crippen molar-refractivity contribution in [2.24, 2.45) is 0 Å². The fourth-order valence-corrected chi connectivity index (χ4v) is 2.44. The van der Waals surface area contributed by atoms with E-state index in [-0.39, 0.29) is 5.91 Å². The first-order valence-electron chi connectivity index (χ1n) is 8.20. The van der Waals surface area contributed by atoms with Crippen LogP contribution in [-0.2, 0) is 14.3 Å². The van der Waals surface area contributed by atoms with Gasteiger partial charge in [0.05, 0.1) is 0 Å². The van der Waals surface area contributed by atoms with Crippen LogP contribution in [0.1, 0.15) is 29.2 Å². The van der Waals surface area contributed by atoms with E-state index in [1.54, 1.807) is 13.0 Å². The number of aryl methyl sites for hydroxylation is 3. The maximum Gasteiger partial charge on any atom is 0.331 e. The van der Waals surface area contributed by atoms with Crippen LogP contribution in [0.2, 0.25) is 0 Å². The lowest BCUT2D eigenvalue weighted by atomic mass is 10.1. The van der Waals surface area contributed by atoms with Crippen molar-refractivity contribution in [3.63, 3.8) is 0 Å². The number of hydrogen-bond acceptors (Lipinski definition) is 3. The quantitative estimate of drug-likeness (QED) is 0.657. The van der Waals surface area contributed by atoms with Crippen molar-refractivity contribution in [1.29, 1.82) is 0 Å². The molecular formula is C21H23NO3. The number of carbonyl (C=O) groups excluding carboxylic acids is 2. The van der Waals surface area contributed by atoms with Gasteiger partial charge in [0.2, 0.25) is 0 Å². The zero-order valence-electron chi connectivity index (χ0n) is 15.0. The first kappa shape index (κ1) is 18.5. The molecule has 1 atom stereocenters. The molecule has 25 heavy (non-hydrogen) atoms. The van der Waals surface area contributed by atoms with Gasteiger partial charge in [0.15, 0.2) is 6.10 Å². The molecule has 0 unspecified atom stereocenters. The topological polar surface area (TPSA) is 55.4 Å². The Hall–Kier alpha value is -2.88. The first-order chi connectivity index (χ1) is 11.9. The molecule has 0 heterocycles. The van der Waals surface area contributed by atoms with Gasteiger partial charge >= 0.3 is 5.97 Å². The number of hydrogen-bond donors (Lipinski definition) is 1. The monoisotopic (exact) mass is 337 g/mol. The van der Waals surface area contributed by atoms with Crippen LogP contribution in [0.5, 0.6) is 0 Å². The van der Waals surface area contributed by atoms with Crippen LogP contribution in [0, 0.1) is 20.8 Å². The van der Waals surface area contributed by atoms with Crippen LogP contribution >= 0.6 is 0 Å². The Bertz CT molecular complexity index is 788. The number of amides is 1. The smallest absolute Gasteiger partial charge is 0.331 e. The summed E-state index contributed by atoms with van der Waals surface area (Å²) in [5.41, 5.74) is 4.68. The maximum atomic E-state index is 12.3. The highest BCUT2D eigenvalue weighted by Crippen LogP contribution is 2.19. The van der Waals surface area contributed by atoms with Crippen LogP contribution < -0.4 is 5.32 Å². The lowest BCUT2D eigenvalue weighted by Crippen LogP contribution is -2.30. The molecule has 2 aromatic rings. The minimum Gasteiger partial charge on any atom is -0.449 e. The standard InChI is InChI=1S/C21H23NO3/c1-14-8-5-6-11-18(14)12-13-19(23)25-17(4)21(24)22-20-15(2)9-7-10-16(20)3/h5-13,17H,1-4H3,(H,22,24)/b13-12+/t17-/m0/s1. The number of carbonyl (C=O) groups is 2. The molecule has 0 spiro atoms. The predicted octanol–water partition coefficient (Wildman–Crippen LogP) is 4.20. The van der Waals surface area contributed by atoms with E-state index < -0.39 is 12.1 Å². The molecule has 0 aromatic heterocycles. The molecule has 4 heteroatoms. The van der Waals surface area contributed by atoms with Gasteiger partial charge in [-0.2, -0.15) is 0 Å². The van der Waals surface area contributed by atoms with Crippen molar-refractivity contribution < 1.29 is 14.3 Å². The van der Waals surface area contributed by atoms with Gasteiger partial charge in [-0.05, 0) is 56.0 Å². The van der Waals surface area contributed by atoms with Gasteiger partial charge in [-0.3, -0.25) is 4.79 Å². The van der Waals surface area contributed by atoms with E-state index in [1.165, 1.54) is 6.08 Å². The summed E-state index contributed by atoms with van der Waals surface area (Å²) in [4.78, 5) is 24.2. The number of benzene rings is 2. The first-order valence-corrected chi connectivity index (χ1v) is 8.20. The Balaban J connectivity index is 1.97. The van der Waals surface area contributed by atoms with Crippen LogP contribution in [-0.4, -0.2) is 18.0 Å². The molecule has 0 radical (unpaired) electrons. The van der Waals surface area contributed by atoms with Gasteiger partial charge < -0.3 is 10.1 Å². The second kappa shape index (κ2) is 8.29. The average molecular weight is 337 g/mol. The Morgan fingerprint density at radius 3 is 2.20 bits per heavy atom. The third kappa shape index (κ3) is 5.05. The van der Waals surface area contributed by atoms with Crippen LogP contribution in [0.3, 0.4) is 0 Å². The minimum atomic E-state index is -0.881. The summed E-state index contributed by atoms with van der Waals surface area (Å²) in [7, 11) is 0. The van der Waals surface area contributed by atoms with Crippen molar-refractivity contribution in [1.82, 2.24) is 0 Å². The summed E-state index contributed by atoms with van der Waals surface area (Å²) in [5, 5.41) is 2.83. The van der Waals surface area contributed by atoms with E-state index in [0.29, 0.717) is 0 Å². The summed E-state index contributed by atoms with van der Waals surface area (Å²) in [6.07, 6.45) is 2.15. The number of rotatable bonds is 5. The third-order valence-corrected chi connectivity index (χ3v) is 3.98. The molecule has 0 aliphatic carbocycles. The number of anilines is 1. The Morgan fingerprint density at radius 1 is 0.960 bits per heavy atom. The van der Waals surface area contributed by atoms with Crippen molar-refractivity contribution >= 4 is 23.6 Å². The number of nitrogens with one attached hydrogen (secondary N) is 1. The minimum absolute atomic E-state index is 0.352. The van der Waals surface area contributed by atoms with Gasteiger partial charge in [0.1, 0.15) is 0 Å². The van der Waals surface area contributed by atoms with Crippen LogP contribution in [0.25, 0.3) is 6.08 Å². The summed E-state index contributed by atoms with van der Waals surface area (Å²) >= 11 is 0. The average Bonchev–Trinajstić information content (AvgIpc) is 2.57. The summed E-state index contributed by atoms with van der Waals surface area (Å²) in [6.45, 7) is 7.36. The second-order valence-electron chi connectivity index (χ2n) is 6.03. The Morgan fingerprint density at radius 2 is 1.56 bits per heavy atom. The van der Waals surface area contributed by atoms with E-state index in [0.717, 1.165) is 27.9 Å². The second-order valence-corrected chi connectivity index (χ2v) is 6.03. The Labute approximate surface area is 148 Å². The van der Waals surface area contributed by atoms with Gasteiger partial charge in [0, 0.05) is 11.8 Å². The highest BCUT2D eigenvalue weighted by molar-refractivity contribution is 5.97. The Kier molecular flexibility index (Phi) is 6.12. The highest BCUT2D eigenvalue weighted by atomic mass is 16.5. The largest absolute Gasteiger partial charge is 0.449 e. The lowest BCUT2D eigenvalue weighted by Gasteiger charge is -2.15. The fourth-order valence-electron chi connectivity index (χ4n) is 2.44. The molecule has 0 bridgehead atoms. The van der Waals surface area contributed by atoms with Crippen LogP contribution in [0.15, 0.2) is 48.5 Å². The molecule has 0 saturated carbocycles. The molecular weight excluding hydrogens is 314 g/mol. The number of para-hydroxylation sites is 1. The van der Waals surface area contributed by atoms with Crippen molar-refractivity contribution in [2.75, 3.05) is 5.32 Å².